The van der Waals surface area contributed by atoms with Gasteiger partial charge in [-0.25, -0.2) is 0 Å². The fourth-order valence-corrected chi connectivity index (χ4v) is 3.21. The highest BCUT2D eigenvalue weighted by molar-refractivity contribution is 6.00. The van der Waals surface area contributed by atoms with Gasteiger partial charge >= 0.3 is 0 Å². The summed E-state index contributed by atoms with van der Waals surface area (Å²) in [5.41, 5.74) is 1.77. The van der Waals surface area contributed by atoms with Crippen LogP contribution in [0.4, 0.5) is 17.1 Å². The van der Waals surface area contributed by atoms with Gasteiger partial charge in [0.2, 0.25) is 5.91 Å². The second kappa shape index (κ2) is 5.00. The van der Waals surface area contributed by atoms with Crippen molar-refractivity contribution in [2.24, 2.45) is 5.92 Å². The molecule has 2 aliphatic heterocycles. The molecule has 0 radical (unpaired) electrons. The summed E-state index contributed by atoms with van der Waals surface area (Å²) in [6.07, 6.45) is 1.06. The first-order chi connectivity index (χ1) is 10.0. The zero-order chi connectivity index (χ0) is 15.1. The van der Waals surface area contributed by atoms with Gasteiger partial charge in [0, 0.05) is 18.3 Å². The minimum atomic E-state index is -0.421. The van der Waals surface area contributed by atoms with Crippen LogP contribution in [0, 0.1) is 16.0 Å². The lowest BCUT2D eigenvalue weighted by Gasteiger charge is -2.27. The van der Waals surface area contributed by atoms with E-state index in [0.29, 0.717) is 23.5 Å². The van der Waals surface area contributed by atoms with Crippen molar-refractivity contribution < 1.29 is 14.8 Å². The largest absolute Gasteiger partial charge is 0.394 e. The molecule has 1 aromatic rings. The Labute approximate surface area is 121 Å². The van der Waals surface area contributed by atoms with Crippen molar-refractivity contribution in [2.75, 3.05) is 23.4 Å². The van der Waals surface area contributed by atoms with Crippen molar-refractivity contribution in [3.05, 3.63) is 27.8 Å². The van der Waals surface area contributed by atoms with E-state index in [9.17, 15) is 20.0 Å². The molecule has 1 saturated heterocycles. The van der Waals surface area contributed by atoms with Crippen LogP contribution in [0.25, 0.3) is 0 Å². The van der Waals surface area contributed by atoms with Crippen molar-refractivity contribution in [3.63, 3.8) is 0 Å². The van der Waals surface area contributed by atoms with Crippen LogP contribution in [-0.2, 0) is 11.2 Å². The SMILES string of the molecule is CC1CCN(c2cc3c(cc2[N+](=O)[O-])CC(=O)N3)C1CO. The van der Waals surface area contributed by atoms with Gasteiger partial charge in [-0.3, -0.25) is 14.9 Å². The van der Waals surface area contributed by atoms with Gasteiger partial charge < -0.3 is 15.3 Å². The monoisotopic (exact) mass is 291 g/mol. The Bertz CT molecular complexity index is 616. The van der Waals surface area contributed by atoms with Gasteiger partial charge in [-0.05, 0) is 24.0 Å². The fourth-order valence-electron chi connectivity index (χ4n) is 3.21. The minimum Gasteiger partial charge on any atom is -0.394 e. The third-order valence-corrected chi connectivity index (χ3v) is 4.40. The second-order valence-corrected chi connectivity index (χ2v) is 5.69. The molecule has 1 fully saturated rings. The quantitative estimate of drug-likeness (QED) is 0.646. The highest BCUT2D eigenvalue weighted by atomic mass is 16.6. The van der Waals surface area contributed by atoms with Crippen LogP contribution in [0.1, 0.15) is 18.9 Å². The average Bonchev–Trinajstić information content (AvgIpc) is 2.97. The molecule has 3 rings (SSSR count). The first kappa shape index (κ1) is 13.8. The zero-order valence-electron chi connectivity index (χ0n) is 11.7. The van der Waals surface area contributed by atoms with Gasteiger partial charge in [-0.1, -0.05) is 6.92 Å². The highest BCUT2D eigenvalue weighted by Crippen LogP contribution is 2.40. The number of aliphatic hydroxyl groups is 1. The Balaban J connectivity index is 2.07. The topological polar surface area (TPSA) is 95.7 Å². The van der Waals surface area contributed by atoms with E-state index in [1.54, 1.807) is 6.07 Å². The maximum atomic E-state index is 11.5. The molecule has 2 atom stereocenters. The Hall–Kier alpha value is -2.15. The number of nitro groups is 1. The molecule has 0 aliphatic carbocycles. The fraction of sp³-hybridized carbons (Fsp3) is 0.500. The molecule has 21 heavy (non-hydrogen) atoms. The number of hydrogen-bond acceptors (Lipinski definition) is 5. The number of aliphatic hydroxyl groups excluding tert-OH is 1. The number of rotatable bonds is 3. The lowest BCUT2D eigenvalue weighted by Crippen LogP contribution is -2.35. The lowest BCUT2D eigenvalue weighted by molar-refractivity contribution is -0.384. The number of nitrogens with zero attached hydrogens (tertiary/aromatic N) is 2. The van der Waals surface area contributed by atoms with E-state index in [4.69, 9.17) is 0 Å². The van der Waals surface area contributed by atoms with Gasteiger partial charge in [0.1, 0.15) is 5.69 Å². The second-order valence-electron chi connectivity index (χ2n) is 5.69. The number of nitrogens with one attached hydrogen (secondary N) is 1. The van der Waals surface area contributed by atoms with Crippen LogP contribution in [0.3, 0.4) is 0 Å². The molecule has 0 spiro atoms. The molecule has 2 aliphatic rings. The zero-order valence-corrected chi connectivity index (χ0v) is 11.7. The van der Waals surface area contributed by atoms with E-state index >= 15 is 0 Å². The molecule has 112 valence electrons. The lowest BCUT2D eigenvalue weighted by atomic mass is 10.0. The van der Waals surface area contributed by atoms with Crippen LogP contribution in [-0.4, -0.2) is 35.1 Å². The summed E-state index contributed by atoms with van der Waals surface area (Å²) in [6, 6.07) is 3.01. The van der Waals surface area contributed by atoms with E-state index in [-0.39, 0.29) is 36.6 Å². The van der Waals surface area contributed by atoms with Gasteiger partial charge in [-0.2, -0.15) is 0 Å². The minimum absolute atomic E-state index is 0.00204. The maximum absolute atomic E-state index is 11.5. The Morgan fingerprint density at radius 2 is 2.29 bits per heavy atom. The Morgan fingerprint density at radius 3 is 2.95 bits per heavy atom. The molecule has 0 saturated carbocycles. The third kappa shape index (κ3) is 2.23. The molecule has 0 aromatic heterocycles. The molecular formula is C14H17N3O4. The third-order valence-electron chi connectivity index (χ3n) is 4.40. The highest BCUT2D eigenvalue weighted by Gasteiger charge is 2.35. The summed E-state index contributed by atoms with van der Waals surface area (Å²) in [7, 11) is 0. The molecule has 7 nitrogen and oxygen atoms in total. The Morgan fingerprint density at radius 1 is 1.52 bits per heavy atom. The van der Waals surface area contributed by atoms with Crippen molar-refractivity contribution in [1.82, 2.24) is 0 Å². The van der Waals surface area contributed by atoms with Crippen molar-refractivity contribution in [2.45, 2.75) is 25.8 Å². The van der Waals surface area contributed by atoms with E-state index in [0.717, 1.165) is 6.42 Å². The standard InChI is InChI=1S/C14H17N3O4/c1-8-2-3-16(13(8)7-18)11-6-10-9(5-14(19)15-10)4-12(11)17(20)21/h4,6,8,13,18H,2-3,5,7H2,1H3,(H,15,19). The van der Waals surface area contributed by atoms with Crippen LogP contribution < -0.4 is 10.2 Å². The van der Waals surface area contributed by atoms with Crippen LogP contribution in [0.2, 0.25) is 0 Å². The number of nitro benzene ring substituents is 1. The van der Waals surface area contributed by atoms with Crippen molar-refractivity contribution >= 4 is 23.0 Å². The van der Waals surface area contributed by atoms with E-state index in [1.165, 1.54) is 6.07 Å². The molecule has 1 aromatic carbocycles. The predicted molar refractivity (Wildman–Crippen MR) is 77.4 cm³/mol. The summed E-state index contributed by atoms with van der Waals surface area (Å²) < 4.78 is 0. The van der Waals surface area contributed by atoms with Crippen LogP contribution in [0.5, 0.6) is 0 Å². The summed E-state index contributed by atoms with van der Waals surface area (Å²) in [5, 5.41) is 23.6. The molecule has 2 N–H and O–H groups in total. The summed E-state index contributed by atoms with van der Waals surface area (Å²) in [4.78, 5) is 24.3. The molecule has 1 amide bonds. The number of anilines is 2. The first-order valence-electron chi connectivity index (χ1n) is 7.00. The van der Waals surface area contributed by atoms with Crippen molar-refractivity contribution in [1.29, 1.82) is 0 Å². The maximum Gasteiger partial charge on any atom is 0.292 e. The predicted octanol–water partition coefficient (Wildman–Crippen LogP) is 1.30. The van der Waals surface area contributed by atoms with Crippen LogP contribution in [0.15, 0.2) is 12.1 Å². The first-order valence-corrected chi connectivity index (χ1v) is 7.00. The van der Waals surface area contributed by atoms with Gasteiger partial charge in [0.05, 0.1) is 24.0 Å². The normalized spacial score (nSPS) is 24.1. The van der Waals surface area contributed by atoms with Gasteiger partial charge in [-0.15, -0.1) is 0 Å². The van der Waals surface area contributed by atoms with Gasteiger partial charge in [0.25, 0.3) is 5.69 Å². The number of carbonyl (C=O) groups excluding carboxylic acids is 1. The van der Waals surface area contributed by atoms with E-state index < -0.39 is 4.92 Å². The number of benzene rings is 1. The number of fused-ring (bicyclic) bond motifs is 1. The van der Waals surface area contributed by atoms with Crippen molar-refractivity contribution in [3.8, 4) is 0 Å². The molecule has 2 unspecified atom stereocenters. The van der Waals surface area contributed by atoms with E-state index in [1.807, 2.05) is 11.8 Å². The summed E-state index contributed by atoms with van der Waals surface area (Å²) in [5.74, 6) is 0.127. The molecular weight excluding hydrogens is 274 g/mol. The van der Waals surface area contributed by atoms with Gasteiger partial charge in [0.15, 0.2) is 0 Å². The number of hydrogen-bond donors (Lipinski definition) is 2. The van der Waals surface area contributed by atoms with E-state index in [2.05, 4.69) is 5.32 Å². The van der Waals surface area contributed by atoms with Crippen LogP contribution >= 0.6 is 0 Å². The summed E-state index contributed by atoms with van der Waals surface area (Å²) in [6.45, 7) is 2.66. The number of carbonyl (C=O) groups is 1. The summed E-state index contributed by atoms with van der Waals surface area (Å²) >= 11 is 0. The Kier molecular flexibility index (Phi) is 3.29. The number of amides is 1. The molecule has 0 bridgehead atoms. The average molecular weight is 291 g/mol. The molecule has 7 heteroatoms. The molecule has 2 heterocycles. The smallest absolute Gasteiger partial charge is 0.292 e.